The van der Waals surface area contributed by atoms with Crippen LogP contribution in [0, 0.1) is 0 Å². The Morgan fingerprint density at radius 1 is 1.14 bits per heavy atom. The van der Waals surface area contributed by atoms with Crippen molar-refractivity contribution in [2.24, 2.45) is 0 Å². The largest absolute Gasteiger partial charge is 0.346 e. The number of amides is 1. The summed E-state index contributed by atoms with van der Waals surface area (Å²) in [6, 6.07) is 13.0. The maximum absolute atomic E-state index is 12.2. The lowest BCUT2D eigenvalue weighted by molar-refractivity contribution is -0.121. The first kappa shape index (κ1) is 15.2. The average Bonchev–Trinajstić information content (AvgIpc) is 2.98. The number of nitrogens with one attached hydrogen (secondary N) is 1. The van der Waals surface area contributed by atoms with Gasteiger partial charge in [-0.15, -0.1) is 11.3 Å². The zero-order valence-electron chi connectivity index (χ0n) is 12.0. The predicted molar refractivity (Wildman–Crippen MR) is 86.5 cm³/mol. The molecule has 0 radical (unpaired) electrons. The fraction of sp³-hybridized carbons (Fsp3) is 0.312. The number of benzene rings is 1. The molecule has 2 aromatic rings. The second-order valence-corrected chi connectivity index (χ2v) is 8.71. The number of thiophene rings is 1. The summed E-state index contributed by atoms with van der Waals surface area (Å²) in [7, 11) is -3.55. The van der Waals surface area contributed by atoms with Crippen LogP contribution in [-0.2, 0) is 20.2 Å². The average molecular weight is 335 g/mol. The van der Waals surface area contributed by atoms with Crippen molar-refractivity contribution >= 4 is 27.1 Å². The van der Waals surface area contributed by atoms with Gasteiger partial charge in [0.25, 0.3) is 0 Å². The molecule has 116 valence electrons. The Balaban J connectivity index is 1.74. The van der Waals surface area contributed by atoms with Crippen molar-refractivity contribution in [2.45, 2.75) is 29.0 Å². The molecule has 3 rings (SSSR count). The fourth-order valence-corrected chi connectivity index (χ4v) is 4.98. The zero-order chi connectivity index (χ0) is 15.6. The standard InChI is InChI=1S/C16H17NO3S2/c18-14(12-22(19,20)15-8-4-11-21-15)17-16(9-5-10-16)13-6-2-1-3-7-13/h1-4,6-8,11H,5,9-10,12H2,(H,17,18). The third-order valence-corrected chi connectivity index (χ3v) is 7.14. The molecule has 22 heavy (non-hydrogen) atoms. The lowest BCUT2D eigenvalue weighted by atomic mass is 9.72. The van der Waals surface area contributed by atoms with Crippen LogP contribution in [-0.4, -0.2) is 20.1 Å². The molecular formula is C16H17NO3S2. The molecule has 1 fully saturated rings. The van der Waals surface area contributed by atoms with E-state index in [9.17, 15) is 13.2 Å². The molecule has 0 unspecified atom stereocenters. The molecule has 0 saturated heterocycles. The Hall–Kier alpha value is -1.66. The summed E-state index contributed by atoms with van der Waals surface area (Å²) in [6.07, 6.45) is 2.73. The van der Waals surface area contributed by atoms with Gasteiger partial charge in [0.2, 0.25) is 5.91 Å². The van der Waals surface area contributed by atoms with Crippen molar-refractivity contribution < 1.29 is 13.2 Å². The van der Waals surface area contributed by atoms with Gasteiger partial charge in [0.1, 0.15) is 9.96 Å². The minimum absolute atomic E-state index is 0.241. The lowest BCUT2D eigenvalue weighted by Crippen LogP contribution is -2.52. The Labute approximate surface area is 134 Å². The smallest absolute Gasteiger partial charge is 0.236 e. The van der Waals surface area contributed by atoms with E-state index in [1.54, 1.807) is 11.4 Å². The maximum atomic E-state index is 12.2. The first-order chi connectivity index (χ1) is 10.5. The highest BCUT2D eigenvalue weighted by Gasteiger charge is 2.40. The molecule has 1 heterocycles. The van der Waals surface area contributed by atoms with Crippen molar-refractivity contribution in [1.29, 1.82) is 0 Å². The van der Waals surface area contributed by atoms with E-state index in [0.717, 1.165) is 36.2 Å². The van der Waals surface area contributed by atoms with Gasteiger partial charge in [0.15, 0.2) is 9.84 Å². The van der Waals surface area contributed by atoms with Gasteiger partial charge in [-0.25, -0.2) is 8.42 Å². The molecule has 0 aliphatic heterocycles. The number of hydrogen-bond acceptors (Lipinski definition) is 4. The van der Waals surface area contributed by atoms with E-state index in [0.29, 0.717) is 0 Å². The van der Waals surface area contributed by atoms with Crippen LogP contribution in [0.5, 0.6) is 0 Å². The Kier molecular flexibility index (Phi) is 4.06. The second-order valence-electron chi connectivity index (χ2n) is 5.54. The molecule has 1 aromatic heterocycles. The van der Waals surface area contributed by atoms with Crippen molar-refractivity contribution in [3.05, 3.63) is 53.4 Å². The van der Waals surface area contributed by atoms with Gasteiger partial charge in [-0.2, -0.15) is 0 Å². The summed E-state index contributed by atoms with van der Waals surface area (Å²) < 4.78 is 24.6. The molecular weight excluding hydrogens is 318 g/mol. The molecule has 0 spiro atoms. The van der Waals surface area contributed by atoms with E-state index in [1.165, 1.54) is 6.07 Å². The number of carbonyl (C=O) groups is 1. The molecule has 4 nitrogen and oxygen atoms in total. The minimum Gasteiger partial charge on any atom is -0.346 e. The van der Waals surface area contributed by atoms with E-state index in [-0.39, 0.29) is 4.21 Å². The van der Waals surface area contributed by atoms with Crippen LogP contribution in [0.4, 0.5) is 0 Å². The SMILES string of the molecule is O=C(CS(=O)(=O)c1cccs1)NC1(c2ccccc2)CCC1. The van der Waals surface area contributed by atoms with Crippen LogP contribution >= 0.6 is 11.3 Å². The van der Waals surface area contributed by atoms with E-state index < -0.39 is 27.0 Å². The summed E-state index contributed by atoms with van der Waals surface area (Å²) in [5, 5.41) is 4.65. The highest BCUT2D eigenvalue weighted by atomic mass is 32.2. The molecule has 1 aliphatic rings. The number of carbonyl (C=O) groups excluding carboxylic acids is 1. The van der Waals surface area contributed by atoms with Gasteiger partial charge in [0.05, 0.1) is 5.54 Å². The van der Waals surface area contributed by atoms with Gasteiger partial charge >= 0.3 is 0 Å². The van der Waals surface area contributed by atoms with Crippen LogP contribution in [0.2, 0.25) is 0 Å². The van der Waals surface area contributed by atoms with Gasteiger partial charge in [-0.05, 0) is 36.3 Å². The number of hydrogen-bond donors (Lipinski definition) is 1. The number of rotatable bonds is 5. The van der Waals surface area contributed by atoms with Gasteiger partial charge < -0.3 is 5.32 Å². The van der Waals surface area contributed by atoms with Gasteiger partial charge in [-0.1, -0.05) is 36.4 Å². The predicted octanol–water partition coefficient (Wildman–Crippen LogP) is 2.72. The Bertz CT molecular complexity index is 748. The second kappa shape index (κ2) is 5.85. The van der Waals surface area contributed by atoms with E-state index >= 15 is 0 Å². The minimum atomic E-state index is -3.55. The van der Waals surface area contributed by atoms with E-state index in [1.807, 2.05) is 30.3 Å². The van der Waals surface area contributed by atoms with Crippen molar-refractivity contribution in [3.8, 4) is 0 Å². The lowest BCUT2D eigenvalue weighted by Gasteiger charge is -2.43. The summed E-state index contributed by atoms with van der Waals surface area (Å²) in [6.45, 7) is 0. The van der Waals surface area contributed by atoms with Crippen LogP contribution in [0.25, 0.3) is 0 Å². The molecule has 1 aliphatic carbocycles. The first-order valence-corrected chi connectivity index (χ1v) is 9.68. The maximum Gasteiger partial charge on any atom is 0.236 e. The van der Waals surface area contributed by atoms with E-state index in [4.69, 9.17) is 0 Å². The van der Waals surface area contributed by atoms with Crippen molar-refractivity contribution in [1.82, 2.24) is 5.32 Å². The Morgan fingerprint density at radius 3 is 2.41 bits per heavy atom. The normalized spacial score (nSPS) is 16.7. The van der Waals surface area contributed by atoms with Crippen molar-refractivity contribution in [3.63, 3.8) is 0 Å². The molecule has 1 saturated carbocycles. The third-order valence-electron chi connectivity index (χ3n) is 4.03. The highest BCUT2D eigenvalue weighted by Crippen LogP contribution is 2.41. The monoisotopic (exact) mass is 335 g/mol. The molecule has 6 heteroatoms. The van der Waals surface area contributed by atoms with Crippen molar-refractivity contribution in [2.75, 3.05) is 5.75 Å². The highest BCUT2D eigenvalue weighted by molar-refractivity contribution is 7.94. The molecule has 1 aromatic carbocycles. The van der Waals surface area contributed by atoms with Crippen LogP contribution in [0.1, 0.15) is 24.8 Å². The molecule has 1 N–H and O–H groups in total. The van der Waals surface area contributed by atoms with Gasteiger partial charge in [-0.3, -0.25) is 4.79 Å². The van der Waals surface area contributed by atoms with Crippen LogP contribution < -0.4 is 5.32 Å². The van der Waals surface area contributed by atoms with E-state index in [2.05, 4.69) is 5.32 Å². The summed E-state index contributed by atoms with van der Waals surface area (Å²) >= 11 is 1.14. The Morgan fingerprint density at radius 2 is 1.86 bits per heavy atom. The summed E-state index contributed by atoms with van der Waals surface area (Å²) in [4.78, 5) is 12.2. The van der Waals surface area contributed by atoms with Gasteiger partial charge in [0, 0.05) is 0 Å². The van der Waals surface area contributed by atoms with Crippen LogP contribution in [0.15, 0.2) is 52.1 Å². The zero-order valence-corrected chi connectivity index (χ0v) is 13.6. The molecule has 1 amide bonds. The molecule has 0 bridgehead atoms. The fourth-order valence-electron chi connectivity index (χ4n) is 2.76. The molecule has 0 atom stereocenters. The quantitative estimate of drug-likeness (QED) is 0.914. The topological polar surface area (TPSA) is 63.2 Å². The number of sulfone groups is 1. The first-order valence-electron chi connectivity index (χ1n) is 7.15. The third kappa shape index (κ3) is 2.94. The summed E-state index contributed by atoms with van der Waals surface area (Å²) in [5.74, 6) is -0.931. The summed E-state index contributed by atoms with van der Waals surface area (Å²) in [5.41, 5.74) is 0.645. The van der Waals surface area contributed by atoms with Crippen LogP contribution in [0.3, 0.4) is 0 Å².